The number of hydrogen-bond donors (Lipinski definition) is 2. The highest BCUT2D eigenvalue weighted by molar-refractivity contribution is 5.88. The number of amides is 1. The van der Waals surface area contributed by atoms with Crippen LogP contribution in [0.25, 0.3) is 10.9 Å². The molecule has 32 heavy (non-hydrogen) atoms. The molecular weight excluding hydrogens is 413 g/mol. The average molecular weight is 443 g/mol. The lowest BCUT2D eigenvalue weighted by atomic mass is 9.84. The number of halogens is 3. The van der Waals surface area contributed by atoms with Gasteiger partial charge in [0.25, 0.3) is 0 Å². The first-order valence-corrected chi connectivity index (χ1v) is 11.4. The Labute approximate surface area is 186 Å². The van der Waals surface area contributed by atoms with Gasteiger partial charge in [0.1, 0.15) is 0 Å². The quantitative estimate of drug-likeness (QED) is 0.437. The number of aryl methyl sites for hydroxylation is 1. The second-order valence-corrected chi connectivity index (χ2v) is 8.68. The highest BCUT2D eigenvalue weighted by Gasteiger charge is 2.36. The van der Waals surface area contributed by atoms with Crippen molar-refractivity contribution >= 4 is 16.8 Å². The number of rotatable bonds is 6. The van der Waals surface area contributed by atoms with Crippen molar-refractivity contribution < 1.29 is 18.0 Å². The van der Waals surface area contributed by atoms with E-state index >= 15 is 0 Å². The molecule has 3 nitrogen and oxygen atoms in total. The molecule has 4 rings (SSSR count). The maximum atomic E-state index is 13.9. The lowest BCUT2D eigenvalue weighted by molar-refractivity contribution is -0.138. The molecule has 0 aliphatic heterocycles. The van der Waals surface area contributed by atoms with Gasteiger partial charge >= 0.3 is 6.18 Å². The SMILES string of the molecule is CCc1cccc2c([C@H](CC(=O)NC3CCCCC3)c3ccccc3C(F)(F)F)c[nH]c12. The van der Waals surface area contributed by atoms with E-state index in [4.69, 9.17) is 0 Å². The van der Waals surface area contributed by atoms with Crippen molar-refractivity contribution in [1.82, 2.24) is 10.3 Å². The number of alkyl halides is 3. The number of para-hydroxylation sites is 1. The van der Waals surface area contributed by atoms with Crippen LogP contribution < -0.4 is 5.32 Å². The third kappa shape index (κ3) is 4.69. The van der Waals surface area contributed by atoms with E-state index in [1.54, 1.807) is 12.3 Å². The molecule has 6 heteroatoms. The zero-order valence-electron chi connectivity index (χ0n) is 18.3. The van der Waals surface area contributed by atoms with Crippen molar-refractivity contribution in [2.75, 3.05) is 0 Å². The summed E-state index contributed by atoms with van der Waals surface area (Å²) in [7, 11) is 0. The van der Waals surface area contributed by atoms with Crippen molar-refractivity contribution in [1.29, 1.82) is 0 Å². The van der Waals surface area contributed by atoms with Crippen LogP contribution in [0.4, 0.5) is 13.2 Å². The topological polar surface area (TPSA) is 44.9 Å². The van der Waals surface area contributed by atoms with Crippen molar-refractivity contribution in [3.63, 3.8) is 0 Å². The number of nitrogens with one attached hydrogen (secondary N) is 2. The van der Waals surface area contributed by atoms with Crippen molar-refractivity contribution in [3.05, 3.63) is 70.9 Å². The Morgan fingerprint density at radius 2 is 1.81 bits per heavy atom. The number of benzene rings is 2. The lowest BCUT2D eigenvalue weighted by Crippen LogP contribution is -2.37. The Kier molecular flexibility index (Phi) is 6.58. The van der Waals surface area contributed by atoms with Gasteiger partial charge in [-0.3, -0.25) is 4.79 Å². The van der Waals surface area contributed by atoms with Gasteiger partial charge in [0.15, 0.2) is 0 Å². The summed E-state index contributed by atoms with van der Waals surface area (Å²) in [6.07, 6.45) is 3.26. The smallest absolute Gasteiger partial charge is 0.361 e. The van der Waals surface area contributed by atoms with Gasteiger partial charge in [-0.1, -0.05) is 62.6 Å². The maximum Gasteiger partial charge on any atom is 0.416 e. The third-order valence-corrected chi connectivity index (χ3v) is 6.59. The van der Waals surface area contributed by atoms with Crippen molar-refractivity contribution in [2.24, 2.45) is 0 Å². The largest absolute Gasteiger partial charge is 0.416 e. The fourth-order valence-electron chi connectivity index (χ4n) is 4.99. The molecule has 1 heterocycles. The molecule has 1 aliphatic rings. The van der Waals surface area contributed by atoms with E-state index in [1.165, 1.54) is 18.6 Å². The zero-order valence-corrected chi connectivity index (χ0v) is 18.3. The molecule has 0 radical (unpaired) electrons. The number of carbonyl (C=O) groups is 1. The second-order valence-electron chi connectivity index (χ2n) is 8.68. The van der Waals surface area contributed by atoms with E-state index in [0.717, 1.165) is 60.2 Å². The van der Waals surface area contributed by atoms with Crippen molar-refractivity contribution in [3.8, 4) is 0 Å². The number of aromatic amines is 1. The van der Waals surface area contributed by atoms with Crippen LogP contribution >= 0.6 is 0 Å². The fraction of sp³-hybridized carbons (Fsp3) is 0.423. The molecule has 1 fully saturated rings. The first-order chi connectivity index (χ1) is 15.4. The molecule has 2 aromatic carbocycles. The van der Waals surface area contributed by atoms with Gasteiger partial charge < -0.3 is 10.3 Å². The van der Waals surface area contributed by atoms with Gasteiger partial charge in [0.2, 0.25) is 5.91 Å². The highest BCUT2D eigenvalue weighted by atomic mass is 19.4. The van der Waals surface area contributed by atoms with Crippen LogP contribution in [-0.4, -0.2) is 16.9 Å². The summed E-state index contributed by atoms with van der Waals surface area (Å²) in [6, 6.07) is 11.6. The molecule has 3 aromatic rings. The summed E-state index contributed by atoms with van der Waals surface area (Å²) >= 11 is 0. The van der Waals surface area contributed by atoms with E-state index in [2.05, 4.69) is 10.3 Å². The van der Waals surface area contributed by atoms with E-state index in [0.29, 0.717) is 0 Å². The molecule has 1 atom stereocenters. The summed E-state index contributed by atoms with van der Waals surface area (Å²) in [5, 5.41) is 3.95. The van der Waals surface area contributed by atoms with Gasteiger partial charge in [0.05, 0.1) is 5.56 Å². The molecule has 2 N–H and O–H groups in total. The minimum Gasteiger partial charge on any atom is -0.361 e. The monoisotopic (exact) mass is 442 g/mol. The number of fused-ring (bicyclic) bond motifs is 1. The predicted octanol–water partition coefficient (Wildman–Crippen LogP) is 6.72. The van der Waals surface area contributed by atoms with Gasteiger partial charge in [0, 0.05) is 35.5 Å². The zero-order chi connectivity index (χ0) is 22.7. The molecule has 170 valence electrons. The Morgan fingerprint density at radius 1 is 1.06 bits per heavy atom. The summed E-state index contributed by atoms with van der Waals surface area (Å²) < 4.78 is 41.7. The van der Waals surface area contributed by atoms with Crippen LogP contribution in [0.2, 0.25) is 0 Å². The molecule has 1 aromatic heterocycles. The minimum absolute atomic E-state index is 0.0209. The van der Waals surface area contributed by atoms with E-state index in [9.17, 15) is 18.0 Å². The van der Waals surface area contributed by atoms with E-state index in [1.807, 2.05) is 25.1 Å². The molecule has 1 amide bonds. The first kappa shape index (κ1) is 22.4. The lowest BCUT2D eigenvalue weighted by Gasteiger charge is -2.25. The standard InChI is InChI=1S/C26H29F3N2O/c1-2-17-9-8-13-20-22(16-30-25(17)20)21(15-24(32)31-18-10-4-3-5-11-18)19-12-6-7-14-23(19)26(27,28)29/h6-9,12-14,16,18,21,30H,2-5,10-11,15H2,1H3,(H,31,32)/t21-/m1/s1. The third-order valence-electron chi connectivity index (χ3n) is 6.59. The highest BCUT2D eigenvalue weighted by Crippen LogP contribution is 2.41. The summed E-state index contributed by atoms with van der Waals surface area (Å²) in [5.74, 6) is -0.892. The average Bonchev–Trinajstić information content (AvgIpc) is 3.21. The fourth-order valence-corrected chi connectivity index (χ4v) is 4.99. The predicted molar refractivity (Wildman–Crippen MR) is 121 cm³/mol. The second kappa shape index (κ2) is 9.39. The molecule has 0 spiro atoms. The summed E-state index contributed by atoms with van der Waals surface area (Å²) in [5.41, 5.74) is 2.21. The van der Waals surface area contributed by atoms with Gasteiger partial charge in [-0.05, 0) is 42.0 Å². The van der Waals surface area contributed by atoms with E-state index in [-0.39, 0.29) is 23.9 Å². The molecule has 1 aliphatic carbocycles. The van der Waals surface area contributed by atoms with Crippen LogP contribution in [0.1, 0.15) is 73.6 Å². The molecule has 1 saturated carbocycles. The van der Waals surface area contributed by atoms with Crippen LogP contribution in [0, 0.1) is 0 Å². The summed E-state index contributed by atoms with van der Waals surface area (Å²) in [6.45, 7) is 2.04. The Bertz CT molecular complexity index is 1080. The van der Waals surface area contributed by atoms with Crippen LogP contribution in [0.15, 0.2) is 48.7 Å². The normalized spacial score (nSPS) is 16.2. The number of carbonyl (C=O) groups excluding carboxylic acids is 1. The van der Waals surface area contributed by atoms with Gasteiger partial charge in [-0.25, -0.2) is 0 Å². The van der Waals surface area contributed by atoms with Gasteiger partial charge in [-0.15, -0.1) is 0 Å². The van der Waals surface area contributed by atoms with Crippen LogP contribution in [0.3, 0.4) is 0 Å². The Hall–Kier alpha value is -2.76. The molecule has 0 saturated heterocycles. The molecule has 0 unspecified atom stereocenters. The number of aromatic nitrogens is 1. The van der Waals surface area contributed by atoms with Crippen molar-refractivity contribution in [2.45, 2.75) is 70.0 Å². The molecule has 0 bridgehead atoms. The maximum absolute atomic E-state index is 13.9. The van der Waals surface area contributed by atoms with Crippen LogP contribution in [0.5, 0.6) is 0 Å². The molecular formula is C26H29F3N2O. The van der Waals surface area contributed by atoms with Crippen LogP contribution in [-0.2, 0) is 17.4 Å². The Morgan fingerprint density at radius 3 is 2.53 bits per heavy atom. The number of H-pyrrole nitrogens is 1. The van der Waals surface area contributed by atoms with Gasteiger partial charge in [-0.2, -0.15) is 13.2 Å². The first-order valence-electron chi connectivity index (χ1n) is 11.4. The van der Waals surface area contributed by atoms with E-state index < -0.39 is 17.7 Å². The Balaban J connectivity index is 1.75. The summed E-state index contributed by atoms with van der Waals surface area (Å²) in [4.78, 5) is 16.3. The number of hydrogen-bond acceptors (Lipinski definition) is 1. The minimum atomic E-state index is -4.49.